The maximum absolute atomic E-state index is 12.8. The van der Waals surface area contributed by atoms with Crippen molar-refractivity contribution in [3.8, 4) is 5.75 Å². The van der Waals surface area contributed by atoms with E-state index >= 15 is 0 Å². The zero-order valence-electron chi connectivity index (χ0n) is 15.5. The minimum atomic E-state index is -1.11. The van der Waals surface area contributed by atoms with Gasteiger partial charge in [0.15, 0.2) is 10.4 Å². The van der Waals surface area contributed by atoms with E-state index in [0.717, 1.165) is 16.8 Å². The Balaban J connectivity index is 1.79. The van der Waals surface area contributed by atoms with Crippen LogP contribution >= 0.6 is 35.6 Å². The Kier molecular flexibility index (Phi) is 6.76. The lowest BCUT2D eigenvalue weighted by molar-refractivity contribution is -0.144. The predicted molar refractivity (Wildman–Crippen MR) is 118 cm³/mol. The van der Waals surface area contributed by atoms with Gasteiger partial charge < -0.3 is 9.84 Å². The molecule has 0 radical (unpaired) electrons. The summed E-state index contributed by atoms with van der Waals surface area (Å²) >= 11 is 12.1. The average molecular weight is 463 g/mol. The van der Waals surface area contributed by atoms with Gasteiger partial charge in [-0.3, -0.25) is 15.0 Å². The van der Waals surface area contributed by atoms with Gasteiger partial charge in [-0.05, 0) is 55.5 Å². The minimum absolute atomic E-state index is 0.158. The smallest absolute Gasteiger partial charge is 0.344 e. The Morgan fingerprint density at radius 3 is 2.57 bits per heavy atom. The zero-order chi connectivity index (χ0) is 21.8. The van der Waals surface area contributed by atoms with E-state index < -0.39 is 23.9 Å². The maximum atomic E-state index is 12.8. The maximum Gasteiger partial charge on any atom is 0.344 e. The van der Waals surface area contributed by atoms with Crippen molar-refractivity contribution in [3.05, 3.63) is 69.6 Å². The van der Waals surface area contributed by atoms with E-state index in [-0.39, 0.29) is 9.23 Å². The fourth-order valence-electron chi connectivity index (χ4n) is 2.42. The second-order valence-corrected chi connectivity index (χ2v) is 8.21. The molecular formula is C20H15ClN2O5S2. The second kappa shape index (κ2) is 9.29. The van der Waals surface area contributed by atoms with Crippen LogP contribution in [-0.2, 0) is 9.59 Å². The van der Waals surface area contributed by atoms with E-state index in [1.165, 1.54) is 25.1 Å². The third-order valence-corrected chi connectivity index (χ3v) is 5.52. The van der Waals surface area contributed by atoms with Gasteiger partial charge in [-0.2, -0.15) is 5.01 Å². The number of amides is 2. The van der Waals surface area contributed by atoms with Crippen LogP contribution in [0.1, 0.15) is 22.8 Å². The first-order valence-corrected chi connectivity index (χ1v) is 10.2. The summed E-state index contributed by atoms with van der Waals surface area (Å²) < 4.78 is 5.60. The molecular weight excluding hydrogens is 448 g/mol. The number of nitrogens with zero attached hydrogens (tertiary/aromatic N) is 1. The molecule has 2 aromatic carbocycles. The number of thioether (sulfide) groups is 1. The number of carbonyl (C=O) groups is 3. The van der Waals surface area contributed by atoms with Crippen LogP contribution in [0.2, 0.25) is 5.02 Å². The molecule has 3 rings (SSSR count). The molecule has 1 unspecified atom stereocenters. The summed E-state index contributed by atoms with van der Waals surface area (Å²) in [5.41, 5.74) is 3.31. The molecule has 0 saturated carbocycles. The normalized spacial score (nSPS) is 15.9. The number of thiocarbonyl (C=S) groups is 1. The Labute approximate surface area is 186 Å². The number of hydrogen-bond donors (Lipinski definition) is 2. The van der Waals surface area contributed by atoms with Crippen molar-refractivity contribution in [3.63, 3.8) is 0 Å². The highest BCUT2D eigenvalue weighted by Gasteiger charge is 2.34. The Morgan fingerprint density at radius 1 is 1.23 bits per heavy atom. The van der Waals surface area contributed by atoms with Crippen LogP contribution in [0.3, 0.4) is 0 Å². The average Bonchev–Trinajstić information content (AvgIpc) is 2.97. The number of nitrogens with one attached hydrogen (secondary N) is 1. The van der Waals surface area contributed by atoms with Gasteiger partial charge in [-0.1, -0.05) is 41.6 Å². The van der Waals surface area contributed by atoms with Gasteiger partial charge in [-0.25, -0.2) is 4.79 Å². The number of ether oxygens (including phenoxy) is 1. The van der Waals surface area contributed by atoms with Crippen molar-refractivity contribution < 1.29 is 24.2 Å². The number of hydrazine groups is 1. The molecule has 2 N–H and O–H groups in total. The van der Waals surface area contributed by atoms with Gasteiger partial charge in [-0.15, -0.1) is 0 Å². The summed E-state index contributed by atoms with van der Waals surface area (Å²) in [5, 5.41) is 10.5. The molecule has 0 bridgehead atoms. The number of carbonyl (C=O) groups excluding carboxylic acids is 2. The van der Waals surface area contributed by atoms with Crippen molar-refractivity contribution >= 4 is 63.8 Å². The van der Waals surface area contributed by atoms with Crippen molar-refractivity contribution in [1.82, 2.24) is 10.4 Å². The summed E-state index contributed by atoms with van der Waals surface area (Å²) in [6.45, 7) is 1.41. The van der Waals surface area contributed by atoms with E-state index in [1.807, 2.05) is 0 Å². The van der Waals surface area contributed by atoms with E-state index in [2.05, 4.69) is 5.43 Å². The van der Waals surface area contributed by atoms with Crippen molar-refractivity contribution in [2.75, 3.05) is 0 Å². The van der Waals surface area contributed by atoms with Crippen molar-refractivity contribution in [2.24, 2.45) is 0 Å². The van der Waals surface area contributed by atoms with Crippen LogP contribution in [-0.4, -0.2) is 38.3 Å². The number of carboxylic acid groups (broad SMARTS) is 1. The highest BCUT2D eigenvalue weighted by Crippen LogP contribution is 2.33. The molecule has 1 fully saturated rings. The lowest BCUT2D eigenvalue weighted by Crippen LogP contribution is -2.44. The Hall–Kier alpha value is -2.88. The van der Waals surface area contributed by atoms with Crippen LogP contribution in [0.25, 0.3) is 6.08 Å². The number of carboxylic acids is 1. The molecule has 1 heterocycles. The summed E-state index contributed by atoms with van der Waals surface area (Å²) in [7, 11) is 0. The number of halogens is 1. The summed E-state index contributed by atoms with van der Waals surface area (Å²) in [5.74, 6) is -1.82. The fraction of sp³-hybridized carbons (Fsp3) is 0.100. The minimum Gasteiger partial charge on any atom is -0.479 e. The second-order valence-electron chi connectivity index (χ2n) is 6.10. The molecule has 2 aromatic rings. The van der Waals surface area contributed by atoms with E-state index in [1.54, 1.807) is 36.4 Å². The van der Waals surface area contributed by atoms with Crippen molar-refractivity contribution in [2.45, 2.75) is 13.0 Å². The summed E-state index contributed by atoms with van der Waals surface area (Å²) in [6.07, 6.45) is 0.477. The molecule has 0 aliphatic carbocycles. The first-order valence-electron chi connectivity index (χ1n) is 8.59. The molecule has 1 aliphatic heterocycles. The molecule has 30 heavy (non-hydrogen) atoms. The van der Waals surface area contributed by atoms with Gasteiger partial charge in [0.1, 0.15) is 5.75 Å². The number of benzene rings is 2. The largest absolute Gasteiger partial charge is 0.479 e. The van der Waals surface area contributed by atoms with Crippen LogP contribution in [0.15, 0.2) is 53.4 Å². The number of rotatable bonds is 6. The topological polar surface area (TPSA) is 95.9 Å². The van der Waals surface area contributed by atoms with Crippen LogP contribution in [0.4, 0.5) is 0 Å². The molecule has 0 aromatic heterocycles. The lowest BCUT2D eigenvalue weighted by Gasteiger charge is -2.15. The molecule has 10 heteroatoms. The first kappa shape index (κ1) is 21.8. The Bertz CT molecular complexity index is 1060. The monoisotopic (exact) mass is 462 g/mol. The molecule has 1 atom stereocenters. The predicted octanol–water partition coefficient (Wildman–Crippen LogP) is 3.74. The van der Waals surface area contributed by atoms with Crippen LogP contribution in [0, 0.1) is 0 Å². The summed E-state index contributed by atoms with van der Waals surface area (Å²) in [6, 6.07) is 12.9. The van der Waals surface area contributed by atoms with Crippen molar-refractivity contribution in [1.29, 1.82) is 0 Å². The third-order valence-electron chi connectivity index (χ3n) is 3.97. The number of aliphatic carboxylic acids is 1. The van der Waals surface area contributed by atoms with Gasteiger partial charge in [0.05, 0.1) is 4.91 Å². The first-order chi connectivity index (χ1) is 14.3. The number of para-hydroxylation sites is 1. The SMILES string of the molecule is CC(Oc1ccccc1/C=C1/SC(=S)N(NC(=O)c2ccc(Cl)cc2)C1=O)C(=O)O. The molecule has 7 nitrogen and oxygen atoms in total. The molecule has 1 saturated heterocycles. The molecule has 154 valence electrons. The quantitative estimate of drug-likeness (QED) is 0.498. The van der Waals surface area contributed by atoms with E-state index in [0.29, 0.717) is 21.9 Å². The van der Waals surface area contributed by atoms with Gasteiger partial charge in [0.2, 0.25) is 0 Å². The van der Waals surface area contributed by atoms with Crippen LogP contribution < -0.4 is 10.2 Å². The standard InChI is InChI=1S/C20H15ClN2O5S2/c1-11(19(26)27)28-15-5-3-2-4-13(15)10-16-18(25)23(20(29)30-16)22-17(24)12-6-8-14(21)9-7-12/h2-11H,1H3,(H,22,24)(H,26,27)/b16-10+. The third kappa shape index (κ3) is 4.99. The highest BCUT2D eigenvalue weighted by molar-refractivity contribution is 8.26. The van der Waals surface area contributed by atoms with E-state index in [9.17, 15) is 14.4 Å². The summed E-state index contributed by atoms with van der Waals surface area (Å²) in [4.78, 5) is 36.5. The zero-order valence-corrected chi connectivity index (χ0v) is 17.9. The highest BCUT2D eigenvalue weighted by atomic mass is 35.5. The van der Waals surface area contributed by atoms with Gasteiger partial charge >= 0.3 is 5.97 Å². The van der Waals surface area contributed by atoms with E-state index in [4.69, 9.17) is 33.7 Å². The Morgan fingerprint density at radius 2 is 1.90 bits per heavy atom. The fourth-order valence-corrected chi connectivity index (χ4v) is 3.72. The van der Waals surface area contributed by atoms with Crippen LogP contribution in [0.5, 0.6) is 5.75 Å². The molecule has 1 aliphatic rings. The van der Waals surface area contributed by atoms with Gasteiger partial charge in [0.25, 0.3) is 11.8 Å². The van der Waals surface area contributed by atoms with Gasteiger partial charge in [0, 0.05) is 16.1 Å². The molecule has 0 spiro atoms. The lowest BCUT2D eigenvalue weighted by atomic mass is 10.2. The molecule has 2 amide bonds. The number of hydrogen-bond acceptors (Lipinski definition) is 6.